The second-order valence-electron chi connectivity index (χ2n) is 8.58. The van der Waals surface area contributed by atoms with Gasteiger partial charge >= 0.3 is 11.9 Å². The largest absolute Gasteiger partial charge is 0.466 e. The SMILES string of the molecule is CC(C)OC(=O)c1cc(C(=O)OC(C)C)cc([N+](=O)[O-])c1.Cc1cc(C(=O)Nc2ccccc2)c(C)o1. The number of ether oxygens (including phenoxy) is 2. The number of non-ortho nitro benzene ring substituents is 1. The third kappa shape index (κ3) is 8.92. The fraction of sp³-hybridized carbons (Fsp3) is 0.296. The van der Waals surface area contributed by atoms with Gasteiger partial charge in [0.1, 0.15) is 11.5 Å². The summed E-state index contributed by atoms with van der Waals surface area (Å²) in [6.07, 6.45) is -0.745. The zero-order chi connectivity index (χ0) is 27.7. The maximum Gasteiger partial charge on any atom is 0.338 e. The standard InChI is InChI=1S/C14H17NO6.C13H13NO2/c1-8(2)20-13(16)10-5-11(14(17)21-9(3)4)7-12(6-10)15(18)19;1-9-8-12(10(2)16-9)13(15)14-11-6-4-3-5-7-11/h5-9H,1-4H3;3-8H,1-2H3,(H,14,15). The molecule has 0 bridgehead atoms. The van der Waals surface area contributed by atoms with Crippen LogP contribution in [0.2, 0.25) is 0 Å². The molecule has 10 nitrogen and oxygen atoms in total. The molecule has 37 heavy (non-hydrogen) atoms. The third-order valence-electron chi connectivity index (χ3n) is 4.60. The summed E-state index contributed by atoms with van der Waals surface area (Å²) in [6.45, 7) is 10.2. The summed E-state index contributed by atoms with van der Waals surface area (Å²) in [5.41, 5.74) is 0.873. The normalized spacial score (nSPS) is 10.4. The van der Waals surface area contributed by atoms with Crippen molar-refractivity contribution >= 4 is 29.2 Å². The molecule has 0 fully saturated rings. The molecule has 196 valence electrons. The van der Waals surface area contributed by atoms with Gasteiger partial charge in [0.2, 0.25) is 0 Å². The van der Waals surface area contributed by atoms with Gasteiger partial charge in [0.15, 0.2) is 0 Å². The van der Waals surface area contributed by atoms with E-state index in [0.29, 0.717) is 11.3 Å². The monoisotopic (exact) mass is 510 g/mol. The summed E-state index contributed by atoms with van der Waals surface area (Å²) in [7, 11) is 0. The second-order valence-corrected chi connectivity index (χ2v) is 8.58. The number of para-hydroxylation sites is 1. The van der Waals surface area contributed by atoms with Gasteiger partial charge in [0.05, 0.1) is 33.8 Å². The van der Waals surface area contributed by atoms with Crippen LogP contribution in [0.4, 0.5) is 11.4 Å². The number of nitrogens with zero attached hydrogens (tertiary/aromatic N) is 1. The number of nitrogens with one attached hydrogen (secondary N) is 1. The lowest BCUT2D eigenvalue weighted by molar-refractivity contribution is -0.384. The van der Waals surface area contributed by atoms with E-state index in [-0.39, 0.29) is 34.9 Å². The van der Waals surface area contributed by atoms with Crippen molar-refractivity contribution in [3.05, 3.63) is 92.9 Å². The van der Waals surface area contributed by atoms with Gasteiger partial charge in [-0.3, -0.25) is 14.9 Å². The maximum absolute atomic E-state index is 11.9. The number of hydrogen-bond donors (Lipinski definition) is 1. The van der Waals surface area contributed by atoms with E-state index in [2.05, 4.69) is 5.32 Å². The molecule has 10 heteroatoms. The molecule has 0 unspecified atom stereocenters. The van der Waals surface area contributed by atoms with E-state index < -0.39 is 16.9 Å². The lowest BCUT2D eigenvalue weighted by Gasteiger charge is -2.10. The molecule has 1 heterocycles. The van der Waals surface area contributed by atoms with Crippen molar-refractivity contribution in [1.82, 2.24) is 0 Å². The number of esters is 2. The number of rotatable bonds is 7. The first-order chi connectivity index (χ1) is 17.4. The van der Waals surface area contributed by atoms with E-state index in [1.54, 1.807) is 40.7 Å². The summed E-state index contributed by atoms with van der Waals surface area (Å²) in [5.74, 6) is -0.207. The van der Waals surface area contributed by atoms with Crippen molar-refractivity contribution in [2.45, 2.75) is 53.8 Å². The molecule has 0 aliphatic rings. The number of carbonyl (C=O) groups is 3. The number of nitro groups is 1. The summed E-state index contributed by atoms with van der Waals surface area (Å²) < 4.78 is 15.3. The minimum absolute atomic E-state index is 0.0615. The number of aryl methyl sites for hydroxylation is 2. The Kier molecular flexibility index (Phi) is 10.1. The number of carbonyl (C=O) groups excluding carboxylic acids is 3. The zero-order valence-electron chi connectivity index (χ0n) is 21.6. The van der Waals surface area contributed by atoms with Crippen LogP contribution in [-0.4, -0.2) is 35.0 Å². The Balaban J connectivity index is 0.000000269. The molecular weight excluding hydrogens is 480 g/mol. The molecular formula is C27H30N2O8. The van der Waals surface area contributed by atoms with Gasteiger partial charge in [-0.15, -0.1) is 0 Å². The van der Waals surface area contributed by atoms with E-state index in [1.807, 2.05) is 37.3 Å². The van der Waals surface area contributed by atoms with E-state index >= 15 is 0 Å². The van der Waals surface area contributed by atoms with Gasteiger partial charge in [-0.25, -0.2) is 9.59 Å². The number of anilines is 1. The van der Waals surface area contributed by atoms with Gasteiger partial charge in [-0.2, -0.15) is 0 Å². The Hall–Kier alpha value is -4.47. The summed E-state index contributed by atoms with van der Waals surface area (Å²) >= 11 is 0. The molecule has 0 aliphatic heterocycles. The Morgan fingerprint density at radius 1 is 0.865 bits per heavy atom. The second kappa shape index (κ2) is 13.0. The van der Waals surface area contributed by atoms with Crippen LogP contribution >= 0.6 is 0 Å². The highest BCUT2D eigenvalue weighted by Gasteiger charge is 2.20. The van der Waals surface area contributed by atoms with E-state index in [9.17, 15) is 24.5 Å². The topological polar surface area (TPSA) is 138 Å². The van der Waals surface area contributed by atoms with Crippen LogP contribution in [0, 0.1) is 24.0 Å². The van der Waals surface area contributed by atoms with Gasteiger partial charge in [0, 0.05) is 17.8 Å². The predicted octanol–water partition coefficient (Wildman–Crippen LogP) is 5.87. The molecule has 3 rings (SSSR count). The van der Waals surface area contributed by atoms with Crippen LogP contribution in [0.25, 0.3) is 0 Å². The number of amides is 1. The minimum Gasteiger partial charge on any atom is -0.466 e. The highest BCUT2D eigenvalue weighted by molar-refractivity contribution is 6.05. The van der Waals surface area contributed by atoms with Crippen molar-refractivity contribution in [1.29, 1.82) is 0 Å². The molecule has 0 aliphatic carbocycles. The fourth-order valence-electron chi connectivity index (χ4n) is 3.09. The molecule has 0 saturated heterocycles. The predicted molar refractivity (Wildman–Crippen MR) is 137 cm³/mol. The first kappa shape index (κ1) is 28.8. The van der Waals surface area contributed by atoms with E-state index in [0.717, 1.165) is 23.6 Å². The highest BCUT2D eigenvalue weighted by Crippen LogP contribution is 2.20. The average molecular weight is 511 g/mol. The molecule has 0 saturated carbocycles. The molecule has 0 atom stereocenters. The number of benzene rings is 2. The Morgan fingerprint density at radius 2 is 1.38 bits per heavy atom. The molecule has 1 N–H and O–H groups in total. The van der Waals surface area contributed by atoms with Crippen LogP contribution in [0.5, 0.6) is 0 Å². The summed E-state index contributed by atoms with van der Waals surface area (Å²) in [6, 6.07) is 14.5. The van der Waals surface area contributed by atoms with Gasteiger partial charge in [-0.05, 0) is 65.8 Å². The first-order valence-electron chi connectivity index (χ1n) is 11.5. The van der Waals surface area contributed by atoms with Gasteiger partial charge in [0.25, 0.3) is 11.6 Å². The Labute approximate surface area is 214 Å². The molecule has 0 radical (unpaired) electrons. The van der Waals surface area contributed by atoms with Crippen LogP contribution in [-0.2, 0) is 9.47 Å². The maximum atomic E-state index is 11.9. The van der Waals surface area contributed by atoms with Gasteiger partial charge in [-0.1, -0.05) is 18.2 Å². The van der Waals surface area contributed by atoms with Gasteiger partial charge < -0.3 is 19.2 Å². The highest BCUT2D eigenvalue weighted by atomic mass is 16.6. The molecule has 2 aromatic carbocycles. The van der Waals surface area contributed by atoms with Crippen molar-refractivity contribution in [2.24, 2.45) is 0 Å². The molecule has 0 spiro atoms. The number of nitro benzene ring substituents is 1. The Morgan fingerprint density at radius 3 is 1.78 bits per heavy atom. The van der Waals surface area contributed by atoms with Crippen LogP contribution in [0.3, 0.4) is 0 Å². The first-order valence-corrected chi connectivity index (χ1v) is 11.5. The smallest absolute Gasteiger partial charge is 0.338 e. The van der Waals surface area contributed by atoms with E-state index in [1.165, 1.54) is 6.07 Å². The Bertz CT molecular complexity index is 1220. The van der Waals surface area contributed by atoms with Crippen LogP contribution < -0.4 is 5.32 Å². The van der Waals surface area contributed by atoms with Crippen molar-refractivity contribution in [2.75, 3.05) is 5.32 Å². The van der Waals surface area contributed by atoms with Crippen molar-refractivity contribution in [3.8, 4) is 0 Å². The lowest BCUT2D eigenvalue weighted by atomic mass is 10.1. The van der Waals surface area contributed by atoms with Crippen LogP contribution in [0.1, 0.15) is 70.3 Å². The number of hydrogen-bond acceptors (Lipinski definition) is 8. The van der Waals surface area contributed by atoms with Crippen molar-refractivity contribution in [3.63, 3.8) is 0 Å². The zero-order valence-corrected chi connectivity index (χ0v) is 21.6. The van der Waals surface area contributed by atoms with Crippen LogP contribution in [0.15, 0.2) is 59.0 Å². The molecule has 3 aromatic rings. The molecule has 1 aromatic heterocycles. The number of furan rings is 1. The lowest BCUT2D eigenvalue weighted by Crippen LogP contribution is -2.15. The molecule has 1 amide bonds. The fourth-order valence-corrected chi connectivity index (χ4v) is 3.09. The summed E-state index contributed by atoms with van der Waals surface area (Å²) in [5, 5.41) is 13.7. The van der Waals surface area contributed by atoms with E-state index in [4.69, 9.17) is 13.9 Å². The van der Waals surface area contributed by atoms with Crippen molar-refractivity contribution < 1.29 is 33.2 Å². The third-order valence-corrected chi connectivity index (χ3v) is 4.60. The quantitative estimate of drug-likeness (QED) is 0.236. The average Bonchev–Trinajstić information content (AvgIpc) is 3.17. The minimum atomic E-state index is -0.729. The summed E-state index contributed by atoms with van der Waals surface area (Å²) in [4.78, 5) is 45.8.